The van der Waals surface area contributed by atoms with Crippen molar-refractivity contribution in [2.75, 3.05) is 31.5 Å². The third kappa shape index (κ3) is 3.64. The number of likely N-dealkylation sites (tertiary alicyclic amines) is 2. The Morgan fingerprint density at radius 2 is 2.07 bits per heavy atom. The van der Waals surface area contributed by atoms with Gasteiger partial charge in [-0.15, -0.1) is 0 Å². The van der Waals surface area contributed by atoms with E-state index in [0.717, 1.165) is 12.1 Å². The first-order chi connectivity index (χ1) is 13.4. The molecule has 2 aliphatic rings. The van der Waals surface area contributed by atoms with Crippen LogP contribution in [0.25, 0.3) is 0 Å². The lowest BCUT2D eigenvalue weighted by Crippen LogP contribution is -2.37. The van der Waals surface area contributed by atoms with Crippen molar-refractivity contribution in [2.24, 2.45) is 18.9 Å². The number of hydrogen-bond donors (Lipinski definition) is 1. The molecule has 2 amide bonds. The standard InChI is InChI=1S/C20H24FN5O2/c1-13(27)26-10-15-9-25(12-19(28)22-18-6-7-24(2)23-18)11-17(15)20(26)14-4-3-5-16(21)8-14/h3-8,15,17,20H,9-12H2,1-2H3,(H,22,23,28)/t15-,17-,20-/m1/s1. The molecular formula is C20H24FN5O2. The quantitative estimate of drug-likeness (QED) is 0.869. The Kier molecular flexibility index (Phi) is 4.89. The molecule has 0 saturated carbocycles. The van der Waals surface area contributed by atoms with Crippen molar-refractivity contribution < 1.29 is 14.0 Å². The maximum Gasteiger partial charge on any atom is 0.239 e. The van der Waals surface area contributed by atoms with Crippen LogP contribution in [0.1, 0.15) is 18.5 Å². The minimum atomic E-state index is -0.297. The van der Waals surface area contributed by atoms with E-state index in [0.29, 0.717) is 18.9 Å². The maximum absolute atomic E-state index is 13.8. The lowest BCUT2D eigenvalue weighted by molar-refractivity contribution is -0.130. The maximum atomic E-state index is 13.8. The Bertz CT molecular complexity index is 898. The van der Waals surface area contributed by atoms with Crippen molar-refractivity contribution in [3.8, 4) is 0 Å². The molecule has 4 rings (SSSR count). The van der Waals surface area contributed by atoms with E-state index in [9.17, 15) is 14.0 Å². The van der Waals surface area contributed by atoms with E-state index >= 15 is 0 Å². The summed E-state index contributed by atoms with van der Waals surface area (Å²) in [4.78, 5) is 28.5. The minimum absolute atomic E-state index is 0.00288. The topological polar surface area (TPSA) is 70.5 Å². The van der Waals surface area contributed by atoms with Crippen molar-refractivity contribution in [3.63, 3.8) is 0 Å². The number of benzene rings is 1. The summed E-state index contributed by atoms with van der Waals surface area (Å²) in [5, 5.41) is 6.96. The number of rotatable bonds is 4. The van der Waals surface area contributed by atoms with Gasteiger partial charge in [-0.2, -0.15) is 5.10 Å². The average molecular weight is 385 g/mol. The summed E-state index contributed by atoms with van der Waals surface area (Å²) in [7, 11) is 1.80. The third-order valence-corrected chi connectivity index (χ3v) is 5.68. The first-order valence-electron chi connectivity index (χ1n) is 9.45. The molecule has 0 unspecified atom stereocenters. The molecule has 28 heavy (non-hydrogen) atoms. The van der Waals surface area contributed by atoms with Gasteiger partial charge < -0.3 is 10.2 Å². The second-order valence-corrected chi connectivity index (χ2v) is 7.71. The van der Waals surface area contributed by atoms with Crippen LogP contribution in [0, 0.1) is 17.7 Å². The number of nitrogens with zero attached hydrogens (tertiary/aromatic N) is 4. The Morgan fingerprint density at radius 1 is 1.25 bits per heavy atom. The first-order valence-corrected chi connectivity index (χ1v) is 9.45. The first kappa shape index (κ1) is 18.6. The van der Waals surface area contributed by atoms with Gasteiger partial charge in [-0.1, -0.05) is 12.1 Å². The number of aromatic nitrogens is 2. The highest BCUT2D eigenvalue weighted by molar-refractivity contribution is 5.91. The van der Waals surface area contributed by atoms with Gasteiger partial charge in [-0.25, -0.2) is 4.39 Å². The van der Waals surface area contributed by atoms with Gasteiger partial charge >= 0.3 is 0 Å². The smallest absolute Gasteiger partial charge is 0.239 e. The van der Waals surface area contributed by atoms with Crippen molar-refractivity contribution in [1.29, 1.82) is 0 Å². The van der Waals surface area contributed by atoms with E-state index in [-0.39, 0.29) is 42.1 Å². The molecule has 2 fully saturated rings. The van der Waals surface area contributed by atoms with Gasteiger partial charge in [-0.3, -0.25) is 19.2 Å². The van der Waals surface area contributed by atoms with E-state index in [1.807, 2.05) is 11.0 Å². The Balaban J connectivity index is 1.45. The molecule has 7 nitrogen and oxygen atoms in total. The monoisotopic (exact) mass is 385 g/mol. The van der Waals surface area contributed by atoms with Crippen molar-refractivity contribution in [3.05, 3.63) is 47.9 Å². The van der Waals surface area contributed by atoms with Crippen molar-refractivity contribution >= 4 is 17.6 Å². The van der Waals surface area contributed by atoms with E-state index in [1.165, 1.54) is 12.1 Å². The summed E-state index contributed by atoms with van der Waals surface area (Å²) in [5.74, 6) is 0.599. The number of fused-ring (bicyclic) bond motifs is 1. The van der Waals surface area contributed by atoms with Crippen LogP contribution in [0.5, 0.6) is 0 Å². The molecule has 3 atom stereocenters. The predicted molar refractivity (Wildman–Crippen MR) is 102 cm³/mol. The van der Waals surface area contributed by atoms with Gasteiger partial charge in [-0.05, 0) is 23.6 Å². The lowest BCUT2D eigenvalue weighted by atomic mass is 9.89. The highest BCUT2D eigenvalue weighted by Gasteiger charge is 2.48. The third-order valence-electron chi connectivity index (χ3n) is 5.68. The Hall–Kier alpha value is -2.74. The largest absolute Gasteiger partial charge is 0.335 e. The number of hydrogen-bond acceptors (Lipinski definition) is 4. The zero-order valence-electron chi connectivity index (χ0n) is 16.0. The van der Waals surface area contributed by atoms with Crippen LogP contribution in [0.15, 0.2) is 36.5 Å². The molecule has 8 heteroatoms. The molecular weight excluding hydrogens is 361 g/mol. The molecule has 0 spiro atoms. The molecule has 0 radical (unpaired) electrons. The fourth-order valence-electron chi connectivity index (χ4n) is 4.58. The van der Waals surface area contributed by atoms with Gasteiger partial charge in [0, 0.05) is 51.8 Å². The zero-order valence-corrected chi connectivity index (χ0v) is 16.0. The van der Waals surface area contributed by atoms with Crippen LogP contribution in [0.4, 0.5) is 10.2 Å². The fourth-order valence-corrected chi connectivity index (χ4v) is 4.58. The van der Waals surface area contributed by atoms with Crippen molar-refractivity contribution in [1.82, 2.24) is 19.6 Å². The highest BCUT2D eigenvalue weighted by atomic mass is 19.1. The lowest BCUT2D eigenvalue weighted by Gasteiger charge is -2.29. The number of carbonyl (C=O) groups is 2. The minimum Gasteiger partial charge on any atom is -0.335 e. The summed E-state index contributed by atoms with van der Waals surface area (Å²) >= 11 is 0. The number of nitrogens with one attached hydrogen (secondary N) is 1. The highest BCUT2D eigenvalue weighted by Crippen LogP contribution is 2.44. The van der Waals surface area contributed by atoms with Gasteiger partial charge in [0.1, 0.15) is 5.82 Å². The van der Waals surface area contributed by atoms with Gasteiger partial charge in [0.15, 0.2) is 5.82 Å². The number of aryl methyl sites for hydroxylation is 1. The second-order valence-electron chi connectivity index (χ2n) is 7.71. The van der Waals surface area contributed by atoms with Crippen LogP contribution < -0.4 is 5.32 Å². The molecule has 2 aliphatic heterocycles. The van der Waals surface area contributed by atoms with Crippen LogP contribution in [0.3, 0.4) is 0 Å². The Morgan fingerprint density at radius 3 is 2.75 bits per heavy atom. The summed E-state index contributed by atoms with van der Waals surface area (Å²) in [6.07, 6.45) is 1.77. The number of carbonyl (C=O) groups excluding carboxylic acids is 2. The SMILES string of the molecule is CC(=O)N1C[C@H]2CN(CC(=O)Nc3ccn(C)n3)C[C@H]2[C@H]1c1cccc(F)c1. The molecule has 3 heterocycles. The van der Waals surface area contributed by atoms with Gasteiger partial charge in [0.05, 0.1) is 12.6 Å². The Labute approximate surface area is 163 Å². The molecule has 0 bridgehead atoms. The van der Waals surface area contributed by atoms with Crippen LogP contribution >= 0.6 is 0 Å². The van der Waals surface area contributed by atoms with Crippen LogP contribution in [0.2, 0.25) is 0 Å². The average Bonchev–Trinajstić information content (AvgIpc) is 3.28. The molecule has 1 N–H and O–H groups in total. The normalized spacial score (nSPS) is 24.4. The van der Waals surface area contributed by atoms with E-state index < -0.39 is 0 Å². The number of halogens is 1. The summed E-state index contributed by atoms with van der Waals surface area (Å²) < 4.78 is 15.4. The summed E-state index contributed by atoms with van der Waals surface area (Å²) in [6.45, 7) is 3.92. The molecule has 148 valence electrons. The molecule has 2 saturated heterocycles. The van der Waals surface area contributed by atoms with Gasteiger partial charge in [0.25, 0.3) is 0 Å². The second kappa shape index (κ2) is 7.35. The zero-order chi connectivity index (χ0) is 19.8. The van der Waals surface area contributed by atoms with Crippen LogP contribution in [-0.4, -0.2) is 57.6 Å². The van der Waals surface area contributed by atoms with E-state index in [1.54, 1.807) is 37.0 Å². The summed E-state index contributed by atoms with van der Waals surface area (Å²) in [6, 6.07) is 8.09. The predicted octanol–water partition coefficient (Wildman–Crippen LogP) is 1.65. The molecule has 0 aliphatic carbocycles. The van der Waals surface area contributed by atoms with Crippen molar-refractivity contribution in [2.45, 2.75) is 13.0 Å². The molecule has 2 aromatic rings. The number of anilines is 1. The van der Waals surface area contributed by atoms with Gasteiger partial charge in [0.2, 0.25) is 11.8 Å². The van der Waals surface area contributed by atoms with E-state index in [4.69, 9.17) is 0 Å². The molecule has 1 aromatic heterocycles. The van der Waals surface area contributed by atoms with Crippen LogP contribution in [-0.2, 0) is 16.6 Å². The summed E-state index contributed by atoms with van der Waals surface area (Å²) in [5.41, 5.74) is 0.822. The molecule has 1 aromatic carbocycles. The fraction of sp³-hybridized carbons (Fsp3) is 0.450. The number of amides is 2. The van der Waals surface area contributed by atoms with E-state index in [2.05, 4.69) is 15.3 Å².